The monoisotopic (exact) mass is 298 g/mol. The van der Waals surface area contributed by atoms with Gasteiger partial charge in [-0.25, -0.2) is 0 Å². The van der Waals surface area contributed by atoms with Gasteiger partial charge in [-0.05, 0) is 24.6 Å². The molecular weight excluding hydrogens is 276 g/mol. The van der Waals surface area contributed by atoms with Gasteiger partial charge in [0.1, 0.15) is 12.4 Å². The lowest BCUT2D eigenvalue weighted by Crippen LogP contribution is -2.30. The van der Waals surface area contributed by atoms with E-state index < -0.39 is 0 Å². The van der Waals surface area contributed by atoms with Gasteiger partial charge in [0.15, 0.2) is 0 Å². The number of carbonyl (C=O) groups excluding carboxylic acids is 1. The fraction of sp³-hybridized carbons (Fsp3) is 0.278. The summed E-state index contributed by atoms with van der Waals surface area (Å²) < 4.78 is 5.56. The highest BCUT2D eigenvalue weighted by atomic mass is 16.5. The van der Waals surface area contributed by atoms with Crippen LogP contribution in [0.2, 0.25) is 0 Å². The Morgan fingerprint density at radius 3 is 2.50 bits per heavy atom. The van der Waals surface area contributed by atoms with Gasteiger partial charge in [-0.2, -0.15) is 0 Å². The van der Waals surface area contributed by atoms with Gasteiger partial charge in [0.05, 0.1) is 6.54 Å². The number of nitrogens with two attached hydrogens (primary N) is 1. The quantitative estimate of drug-likeness (QED) is 0.772. The lowest BCUT2D eigenvalue weighted by atomic mass is 10.0. The van der Waals surface area contributed by atoms with Crippen molar-refractivity contribution in [2.75, 3.05) is 13.2 Å². The molecule has 0 heterocycles. The molecule has 1 amide bonds. The summed E-state index contributed by atoms with van der Waals surface area (Å²) in [4.78, 5) is 11.8. The minimum atomic E-state index is -0.279. The minimum absolute atomic E-state index is 0.0659. The van der Waals surface area contributed by atoms with Crippen molar-refractivity contribution >= 4 is 5.91 Å². The smallest absolute Gasteiger partial charge is 0.222 e. The largest absolute Gasteiger partial charge is 0.492 e. The van der Waals surface area contributed by atoms with Crippen molar-refractivity contribution in [3.05, 3.63) is 65.7 Å². The van der Waals surface area contributed by atoms with Crippen LogP contribution in [-0.2, 0) is 4.79 Å². The molecule has 0 aromatic heterocycles. The molecule has 0 bridgehead atoms. The summed E-state index contributed by atoms with van der Waals surface area (Å²) in [5, 5.41) is 2.82. The lowest BCUT2D eigenvalue weighted by Gasteiger charge is -2.12. The van der Waals surface area contributed by atoms with Gasteiger partial charge in [0.2, 0.25) is 5.91 Å². The molecule has 4 heteroatoms. The fourth-order valence-corrected chi connectivity index (χ4v) is 2.08. The molecule has 116 valence electrons. The Morgan fingerprint density at radius 2 is 1.82 bits per heavy atom. The average Bonchev–Trinajstić information content (AvgIpc) is 2.54. The molecule has 0 fully saturated rings. The highest BCUT2D eigenvalue weighted by Gasteiger charge is 2.10. The Bertz CT molecular complexity index is 582. The number of ether oxygens (including phenoxy) is 1. The third-order valence-electron chi connectivity index (χ3n) is 3.35. The maximum atomic E-state index is 11.8. The number of carbonyl (C=O) groups is 1. The molecule has 22 heavy (non-hydrogen) atoms. The van der Waals surface area contributed by atoms with Crippen molar-refractivity contribution in [1.29, 1.82) is 0 Å². The average molecular weight is 298 g/mol. The van der Waals surface area contributed by atoms with Crippen molar-refractivity contribution in [2.24, 2.45) is 5.73 Å². The summed E-state index contributed by atoms with van der Waals surface area (Å²) in [5.74, 6) is 0.740. The van der Waals surface area contributed by atoms with Gasteiger partial charge < -0.3 is 15.8 Å². The first-order chi connectivity index (χ1) is 10.6. The molecule has 3 N–H and O–H groups in total. The Balaban J connectivity index is 1.66. The first-order valence-corrected chi connectivity index (χ1v) is 7.42. The molecule has 0 saturated carbocycles. The second-order valence-electron chi connectivity index (χ2n) is 5.23. The lowest BCUT2D eigenvalue weighted by molar-refractivity contribution is -0.121. The molecule has 2 rings (SSSR count). The number of benzene rings is 2. The highest BCUT2D eigenvalue weighted by Crippen LogP contribution is 2.13. The molecule has 0 aliphatic heterocycles. The van der Waals surface area contributed by atoms with Crippen LogP contribution in [0.15, 0.2) is 54.6 Å². The Labute approximate surface area is 131 Å². The molecule has 2 aromatic rings. The highest BCUT2D eigenvalue weighted by molar-refractivity contribution is 5.76. The van der Waals surface area contributed by atoms with E-state index in [1.165, 1.54) is 5.56 Å². The molecule has 4 nitrogen and oxygen atoms in total. The predicted molar refractivity (Wildman–Crippen MR) is 87.7 cm³/mol. The molecule has 0 spiro atoms. The van der Waals surface area contributed by atoms with E-state index in [0.29, 0.717) is 13.2 Å². The SMILES string of the molecule is Cc1ccc(OCCNC(=O)CC(N)c2ccccc2)cc1. The van der Waals surface area contributed by atoms with Crippen LogP contribution in [0.5, 0.6) is 5.75 Å². The summed E-state index contributed by atoms with van der Waals surface area (Å²) in [6, 6.07) is 17.2. The van der Waals surface area contributed by atoms with Gasteiger partial charge in [0, 0.05) is 12.5 Å². The van der Waals surface area contributed by atoms with Crippen LogP contribution in [-0.4, -0.2) is 19.1 Å². The van der Waals surface area contributed by atoms with Gasteiger partial charge in [-0.15, -0.1) is 0 Å². The van der Waals surface area contributed by atoms with Gasteiger partial charge >= 0.3 is 0 Å². The maximum absolute atomic E-state index is 11.8. The molecule has 1 atom stereocenters. The van der Waals surface area contributed by atoms with E-state index >= 15 is 0 Å². The van der Waals surface area contributed by atoms with Crippen molar-refractivity contribution in [2.45, 2.75) is 19.4 Å². The van der Waals surface area contributed by atoms with E-state index in [2.05, 4.69) is 5.32 Å². The van der Waals surface area contributed by atoms with E-state index in [-0.39, 0.29) is 18.4 Å². The second kappa shape index (κ2) is 8.20. The zero-order valence-electron chi connectivity index (χ0n) is 12.8. The van der Waals surface area contributed by atoms with E-state index in [9.17, 15) is 4.79 Å². The number of amides is 1. The zero-order chi connectivity index (χ0) is 15.8. The van der Waals surface area contributed by atoms with E-state index in [4.69, 9.17) is 10.5 Å². The van der Waals surface area contributed by atoms with Crippen LogP contribution in [0.3, 0.4) is 0 Å². The minimum Gasteiger partial charge on any atom is -0.492 e. The fourth-order valence-electron chi connectivity index (χ4n) is 2.08. The Kier molecular flexibility index (Phi) is 5.98. The number of nitrogens with one attached hydrogen (secondary N) is 1. The third kappa shape index (κ3) is 5.22. The second-order valence-corrected chi connectivity index (χ2v) is 5.23. The molecule has 1 unspecified atom stereocenters. The normalized spacial score (nSPS) is 11.7. The van der Waals surface area contributed by atoms with Gasteiger partial charge in [0.25, 0.3) is 0 Å². The summed E-state index contributed by atoms with van der Waals surface area (Å²) >= 11 is 0. The number of hydrogen-bond acceptors (Lipinski definition) is 3. The third-order valence-corrected chi connectivity index (χ3v) is 3.35. The molecular formula is C18H22N2O2. The summed E-state index contributed by atoms with van der Waals surface area (Å²) in [6.45, 7) is 2.93. The molecule has 0 aliphatic rings. The van der Waals surface area contributed by atoms with E-state index in [1.54, 1.807) is 0 Å². The van der Waals surface area contributed by atoms with Crippen molar-refractivity contribution in [3.8, 4) is 5.75 Å². The molecule has 0 saturated heterocycles. The standard InChI is InChI=1S/C18H22N2O2/c1-14-7-9-16(10-8-14)22-12-11-20-18(21)13-17(19)15-5-3-2-4-6-15/h2-10,17H,11-13,19H2,1H3,(H,20,21). The number of rotatable bonds is 7. The summed E-state index contributed by atoms with van der Waals surface area (Å²) in [6.07, 6.45) is 0.272. The van der Waals surface area contributed by atoms with Crippen LogP contribution in [0.1, 0.15) is 23.6 Å². The molecule has 0 radical (unpaired) electrons. The zero-order valence-corrected chi connectivity index (χ0v) is 12.8. The first kappa shape index (κ1) is 16.0. The van der Waals surface area contributed by atoms with Crippen molar-refractivity contribution < 1.29 is 9.53 Å². The van der Waals surface area contributed by atoms with E-state index in [1.807, 2.05) is 61.5 Å². The predicted octanol–water partition coefficient (Wildman–Crippen LogP) is 2.58. The molecule has 2 aromatic carbocycles. The van der Waals surface area contributed by atoms with E-state index in [0.717, 1.165) is 11.3 Å². The van der Waals surface area contributed by atoms with Crippen LogP contribution < -0.4 is 15.8 Å². The van der Waals surface area contributed by atoms with Crippen LogP contribution in [0, 0.1) is 6.92 Å². The number of hydrogen-bond donors (Lipinski definition) is 2. The van der Waals surface area contributed by atoms with Crippen LogP contribution in [0.25, 0.3) is 0 Å². The van der Waals surface area contributed by atoms with Crippen LogP contribution >= 0.6 is 0 Å². The van der Waals surface area contributed by atoms with Crippen molar-refractivity contribution in [3.63, 3.8) is 0 Å². The topological polar surface area (TPSA) is 64.3 Å². The Hall–Kier alpha value is -2.33. The Morgan fingerprint density at radius 1 is 1.14 bits per heavy atom. The maximum Gasteiger partial charge on any atom is 0.222 e. The van der Waals surface area contributed by atoms with Crippen molar-refractivity contribution in [1.82, 2.24) is 5.32 Å². The number of aryl methyl sites for hydroxylation is 1. The molecule has 0 aliphatic carbocycles. The van der Waals surface area contributed by atoms with Gasteiger partial charge in [-0.1, -0.05) is 48.0 Å². The summed E-state index contributed by atoms with van der Waals surface area (Å²) in [5.41, 5.74) is 8.17. The van der Waals surface area contributed by atoms with Gasteiger partial charge in [-0.3, -0.25) is 4.79 Å². The first-order valence-electron chi connectivity index (χ1n) is 7.42. The van der Waals surface area contributed by atoms with Crippen LogP contribution in [0.4, 0.5) is 0 Å². The summed E-state index contributed by atoms with van der Waals surface area (Å²) in [7, 11) is 0.